The van der Waals surface area contributed by atoms with Crippen LogP contribution in [0, 0.1) is 12.7 Å². The largest absolute Gasteiger partial charge is 0.496 e. The SMILES string of the molecule is COc1ccc(C)cc1CS(=O)c1ccc(N)c(F)c1. The lowest BCUT2D eigenvalue weighted by atomic mass is 10.1. The van der Waals surface area contributed by atoms with Crippen molar-refractivity contribution in [1.29, 1.82) is 0 Å². The minimum Gasteiger partial charge on any atom is -0.496 e. The van der Waals surface area contributed by atoms with Gasteiger partial charge in [0.25, 0.3) is 0 Å². The number of rotatable bonds is 4. The van der Waals surface area contributed by atoms with Crippen molar-refractivity contribution in [3.8, 4) is 5.75 Å². The molecule has 2 rings (SSSR count). The minimum absolute atomic E-state index is 0.0545. The zero-order valence-corrected chi connectivity index (χ0v) is 12.2. The molecule has 0 aliphatic rings. The molecule has 106 valence electrons. The fourth-order valence-electron chi connectivity index (χ4n) is 1.89. The first kappa shape index (κ1) is 14.5. The maximum atomic E-state index is 13.4. The Morgan fingerprint density at radius 1 is 1.25 bits per heavy atom. The van der Waals surface area contributed by atoms with E-state index in [1.54, 1.807) is 13.2 Å². The second-order valence-corrected chi connectivity index (χ2v) is 5.94. The molecule has 2 aromatic rings. The number of methoxy groups -OCH3 is 1. The van der Waals surface area contributed by atoms with Crippen LogP contribution in [0.25, 0.3) is 0 Å². The van der Waals surface area contributed by atoms with Crippen molar-refractivity contribution in [1.82, 2.24) is 0 Å². The summed E-state index contributed by atoms with van der Waals surface area (Å²) in [4.78, 5) is 0.417. The van der Waals surface area contributed by atoms with Gasteiger partial charge >= 0.3 is 0 Å². The molecule has 1 atom stereocenters. The Kier molecular flexibility index (Phi) is 4.39. The molecule has 2 N–H and O–H groups in total. The van der Waals surface area contributed by atoms with Crippen molar-refractivity contribution in [2.24, 2.45) is 0 Å². The Bertz CT molecular complexity index is 658. The number of hydrogen-bond acceptors (Lipinski definition) is 3. The molecule has 0 heterocycles. The predicted molar refractivity (Wildman–Crippen MR) is 78.7 cm³/mol. The van der Waals surface area contributed by atoms with Gasteiger partial charge in [-0.3, -0.25) is 4.21 Å². The van der Waals surface area contributed by atoms with E-state index in [0.29, 0.717) is 10.6 Å². The summed E-state index contributed by atoms with van der Waals surface area (Å²) in [7, 11) is 0.221. The van der Waals surface area contributed by atoms with E-state index < -0.39 is 16.6 Å². The molecular formula is C15H16FNO2S. The predicted octanol–water partition coefficient (Wildman–Crippen LogP) is 3.03. The van der Waals surface area contributed by atoms with Crippen molar-refractivity contribution in [2.75, 3.05) is 12.8 Å². The van der Waals surface area contributed by atoms with E-state index in [9.17, 15) is 8.60 Å². The third kappa shape index (κ3) is 3.17. The molecule has 0 radical (unpaired) electrons. The summed E-state index contributed by atoms with van der Waals surface area (Å²) < 4.78 is 31.0. The number of nitrogens with two attached hydrogens (primary N) is 1. The van der Waals surface area contributed by atoms with E-state index in [0.717, 1.165) is 11.1 Å². The van der Waals surface area contributed by atoms with Gasteiger partial charge in [-0.2, -0.15) is 0 Å². The van der Waals surface area contributed by atoms with Gasteiger partial charge in [-0.25, -0.2) is 4.39 Å². The number of ether oxygens (including phenoxy) is 1. The lowest BCUT2D eigenvalue weighted by Gasteiger charge is -2.10. The van der Waals surface area contributed by atoms with Crippen molar-refractivity contribution in [3.05, 3.63) is 53.3 Å². The van der Waals surface area contributed by atoms with Crippen molar-refractivity contribution in [3.63, 3.8) is 0 Å². The molecule has 0 spiro atoms. The van der Waals surface area contributed by atoms with Crippen LogP contribution in [0.4, 0.5) is 10.1 Å². The van der Waals surface area contributed by atoms with E-state index in [-0.39, 0.29) is 11.4 Å². The van der Waals surface area contributed by atoms with Crippen LogP contribution in [-0.2, 0) is 16.6 Å². The molecule has 5 heteroatoms. The first-order valence-corrected chi connectivity index (χ1v) is 7.40. The number of aryl methyl sites for hydroxylation is 1. The van der Waals surface area contributed by atoms with Crippen LogP contribution >= 0.6 is 0 Å². The average Bonchev–Trinajstić information content (AvgIpc) is 2.42. The van der Waals surface area contributed by atoms with Gasteiger partial charge < -0.3 is 10.5 Å². The highest BCUT2D eigenvalue weighted by molar-refractivity contribution is 7.84. The Labute approximate surface area is 120 Å². The molecule has 3 nitrogen and oxygen atoms in total. The Morgan fingerprint density at radius 2 is 2.00 bits per heavy atom. The maximum absolute atomic E-state index is 13.4. The van der Waals surface area contributed by atoms with Crippen molar-refractivity contribution < 1.29 is 13.3 Å². The Hall–Kier alpha value is -1.88. The fourth-order valence-corrected chi connectivity index (χ4v) is 3.02. The van der Waals surface area contributed by atoms with Crippen molar-refractivity contribution in [2.45, 2.75) is 17.6 Å². The minimum atomic E-state index is -1.35. The number of hydrogen-bond donors (Lipinski definition) is 1. The zero-order valence-electron chi connectivity index (χ0n) is 11.4. The van der Waals surface area contributed by atoms with Crippen LogP contribution in [0.5, 0.6) is 5.75 Å². The molecule has 20 heavy (non-hydrogen) atoms. The smallest absolute Gasteiger partial charge is 0.147 e. The maximum Gasteiger partial charge on any atom is 0.147 e. The molecule has 0 aliphatic heterocycles. The lowest BCUT2D eigenvalue weighted by Crippen LogP contribution is -2.01. The molecule has 0 bridgehead atoms. The van der Waals surface area contributed by atoms with E-state index in [1.807, 2.05) is 25.1 Å². The van der Waals surface area contributed by atoms with E-state index in [1.165, 1.54) is 12.1 Å². The summed E-state index contributed by atoms with van der Waals surface area (Å²) in [5, 5.41) is 0. The quantitative estimate of drug-likeness (QED) is 0.882. The second-order valence-electron chi connectivity index (χ2n) is 4.49. The van der Waals surface area contributed by atoms with Gasteiger partial charge in [-0.1, -0.05) is 17.7 Å². The summed E-state index contributed by atoms with van der Waals surface area (Å²) in [6, 6.07) is 9.91. The molecule has 1 unspecified atom stereocenters. The Balaban J connectivity index is 2.27. The van der Waals surface area contributed by atoms with Gasteiger partial charge in [-0.15, -0.1) is 0 Å². The standard InChI is InChI=1S/C15H16FNO2S/c1-10-3-6-15(19-2)11(7-10)9-20(18)12-4-5-14(17)13(16)8-12/h3-8H,9,17H2,1-2H3. The van der Waals surface area contributed by atoms with E-state index in [2.05, 4.69) is 0 Å². The summed E-state index contributed by atoms with van der Waals surface area (Å²) in [6.45, 7) is 1.95. The molecule has 0 aliphatic carbocycles. The zero-order chi connectivity index (χ0) is 14.7. The van der Waals surface area contributed by atoms with Crippen LogP contribution in [0.15, 0.2) is 41.3 Å². The van der Waals surface area contributed by atoms with Crippen LogP contribution in [-0.4, -0.2) is 11.3 Å². The first-order valence-electron chi connectivity index (χ1n) is 6.08. The molecule has 0 amide bonds. The van der Waals surface area contributed by atoms with Crippen LogP contribution in [0.1, 0.15) is 11.1 Å². The van der Waals surface area contributed by atoms with E-state index in [4.69, 9.17) is 10.5 Å². The number of benzene rings is 2. The third-order valence-corrected chi connectivity index (χ3v) is 4.31. The highest BCUT2D eigenvalue weighted by Crippen LogP contribution is 2.24. The normalized spacial score (nSPS) is 12.2. The highest BCUT2D eigenvalue weighted by Gasteiger charge is 2.11. The third-order valence-electron chi connectivity index (χ3n) is 2.96. The van der Waals surface area contributed by atoms with Gasteiger partial charge in [0.15, 0.2) is 0 Å². The molecular weight excluding hydrogens is 277 g/mol. The van der Waals surface area contributed by atoms with Gasteiger partial charge in [0.2, 0.25) is 0 Å². The molecule has 0 saturated heterocycles. The fraction of sp³-hybridized carbons (Fsp3) is 0.200. The number of halogens is 1. The summed E-state index contributed by atoms with van der Waals surface area (Å²) in [5.41, 5.74) is 7.36. The monoisotopic (exact) mass is 293 g/mol. The topological polar surface area (TPSA) is 52.3 Å². The van der Waals surface area contributed by atoms with E-state index >= 15 is 0 Å². The van der Waals surface area contributed by atoms with Gasteiger partial charge in [0.1, 0.15) is 11.6 Å². The van der Waals surface area contributed by atoms with Gasteiger partial charge in [0.05, 0.1) is 29.3 Å². The average molecular weight is 293 g/mol. The lowest BCUT2D eigenvalue weighted by molar-refractivity contribution is 0.411. The van der Waals surface area contributed by atoms with Crippen molar-refractivity contribution >= 4 is 16.5 Å². The number of anilines is 1. The summed E-state index contributed by atoms with van der Waals surface area (Å²) >= 11 is 0. The van der Waals surface area contributed by atoms with Crippen LogP contribution in [0.3, 0.4) is 0 Å². The Morgan fingerprint density at radius 3 is 2.65 bits per heavy atom. The molecule has 0 saturated carbocycles. The summed E-state index contributed by atoms with van der Waals surface area (Å²) in [6.07, 6.45) is 0. The van der Waals surface area contributed by atoms with Crippen LogP contribution in [0.2, 0.25) is 0 Å². The molecule has 0 fully saturated rings. The summed E-state index contributed by atoms with van der Waals surface area (Å²) in [5.74, 6) is 0.403. The molecule has 0 aromatic heterocycles. The molecule has 2 aromatic carbocycles. The first-order chi connectivity index (χ1) is 9.51. The number of nitrogen functional groups attached to an aromatic ring is 1. The second kappa shape index (κ2) is 6.05. The van der Waals surface area contributed by atoms with Gasteiger partial charge in [0, 0.05) is 10.5 Å². The van der Waals surface area contributed by atoms with Crippen LogP contribution < -0.4 is 10.5 Å². The van der Waals surface area contributed by atoms with Gasteiger partial charge in [-0.05, 0) is 31.2 Å². The highest BCUT2D eigenvalue weighted by atomic mass is 32.2.